The SMILES string of the molecule is COc1cccc(COc2ccc(N)cc2C(N)=O)c1. The average molecular weight is 272 g/mol. The van der Waals surface area contributed by atoms with E-state index >= 15 is 0 Å². The molecule has 2 rings (SSSR count). The molecular weight excluding hydrogens is 256 g/mol. The Labute approximate surface area is 117 Å². The first-order valence-corrected chi connectivity index (χ1v) is 6.05. The highest BCUT2D eigenvalue weighted by Gasteiger charge is 2.10. The van der Waals surface area contributed by atoms with Crippen LogP contribution in [0, 0.1) is 0 Å². The summed E-state index contributed by atoms with van der Waals surface area (Å²) in [5, 5.41) is 0. The third-order valence-electron chi connectivity index (χ3n) is 2.80. The Balaban J connectivity index is 2.16. The van der Waals surface area contributed by atoms with Gasteiger partial charge in [0.2, 0.25) is 0 Å². The van der Waals surface area contributed by atoms with E-state index in [1.807, 2.05) is 24.3 Å². The van der Waals surface area contributed by atoms with Crippen LogP contribution in [0.5, 0.6) is 11.5 Å². The van der Waals surface area contributed by atoms with E-state index in [4.69, 9.17) is 20.9 Å². The summed E-state index contributed by atoms with van der Waals surface area (Å²) in [6.45, 7) is 0.307. The van der Waals surface area contributed by atoms with Crippen LogP contribution >= 0.6 is 0 Å². The van der Waals surface area contributed by atoms with Gasteiger partial charge in [0.1, 0.15) is 18.1 Å². The van der Waals surface area contributed by atoms with Crippen molar-refractivity contribution < 1.29 is 14.3 Å². The highest BCUT2D eigenvalue weighted by atomic mass is 16.5. The Kier molecular flexibility index (Phi) is 4.10. The number of benzene rings is 2. The Hall–Kier alpha value is -2.69. The molecule has 0 bridgehead atoms. The molecule has 0 saturated carbocycles. The molecule has 0 radical (unpaired) electrons. The molecule has 0 aliphatic rings. The average Bonchev–Trinajstić information content (AvgIpc) is 2.46. The minimum absolute atomic E-state index is 0.271. The summed E-state index contributed by atoms with van der Waals surface area (Å²) in [7, 11) is 1.60. The number of ether oxygens (including phenoxy) is 2. The number of nitrogens with two attached hydrogens (primary N) is 2. The fourth-order valence-electron chi connectivity index (χ4n) is 1.79. The Morgan fingerprint density at radius 1 is 1.20 bits per heavy atom. The maximum Gasteiger partial charge on any atom is 0.252 e. The monoisotopic (exact) mass is 272 g/mol. The number of hydrogen-bond donors (Lipinski definition) is 2. The maximum atomic E-state index is 11.4. The van der Waals surface area contributed by atoms with Crippen molar-refractivity contribution in [3.8, 4) is 11.5 Å². The zero-order valence-electron chi connectivity index (χ0n) is 11.1. The molecular formula is C15H16N2O3. The molecule has 20 heavy (non-hydrogen) atoms. The third-order valence-corrected chi connectivity index (χ3v) is 2.80. The van der Waals surface area contributed by atoms with Crippen LogP contribution in [-0.4, -0.2) is 13.0 Å². The van der Waals surface area contributed by atoms with E-state index in [-0.39, 0.29) is 5.56 Å². The van der Waals surface area contributed by atoms with Crippen LogP contribution in [0.15, 0.2) is 42.5 Å². The van der Waals surface area contributed by atoms with Gasteiger partial charge in [-0.15, -0.1) is 0 Å². The Morgan fingerprint density at radius 2 is 2.00 bits per heavy atom. The van der Waals surface area contributed by atoms with E-state index in [1.165, 1.54) is 6.07 Å². The molecule has 0 aliphatic carbocycles. The van der Waals surface area contributed by atoms with Crippen LogP contribution in [0.2, 0.25) is 0 Å². The second-order valence-corrected chi connectivity index (χ2v) is 4.26. The van der Waals surface area contributed by atoms with E-state index in [9.17, 15) is 4.79 Å². The van der Waals surface area contributed by atoms with Gasteiger partial charge in [0, 0.05) is 5.69 Å². The van der Waals surface area contributed by atoms with E-state index < -0.39 is 5.91 Å². The van der Waals surface area contributed by atoms with Gasteiger partial charge in [-0.05, 0) is 35.9 Å². The van der Waals surface area contributed by atoms with Gasteiger partial charge in [0.25, 0.3) is 5.91 Å². The fourth-order valence-corrected chi connectivity index (χ4v) is 1.79. The minimum Gasteiger partial charge on any atom is -0.497 e. The highest BCUT2D eigenvalue weighted by Crippen LogP contribution is 2.22. The van der Waals surface area contributed by atoms with Crippen LogP contribution in [0.4, 0.5) is 5.69 Å². The molecule has 1 amide bonds. The quantitative estimate of drug-likeness (QED) is 0.814. The van der Waals surface area contributed by atoms with E-state index in [2.05, 4.69) is 0 Å². The van der Waals surface area contributed by atoms with Gasteiger partial charge < -0.3 is 20.9 Å². The van der Waals surface area contributed by atoms with Crippen LogP contribution in [0.25, 0.3) is 0 Å². The second kappa shape index (κ2) is 5.97. The molecule has 0 saturated heterocycles. The molecule has 0 aromatic heterocycles. The molecule has 5 heteroatoms. The van der Waals surface area contributed by atoms with Crippen molar-refractivity contribution in [3.05, 3.63) is 53.6 Å². The summed E-state index contributed by atoms with van der Waals surface area (Å²) in [6.07, 6.45) is 0. The van der Waals surface area contributed by atoms with Gasteiger partial charge >= 0.3 is 0 Å². The van der Waals surface area contributed by atoms with E-state index in [0.717, 1.165) is 11.3 Å². The Bertz CT molecular complexity index is 626. The smallest absolute Gasteiger partial charge is 0.252 e. The van der Waals surface area contributed by atoms with Crippen LogP contribution in [0.3, 0.4) is 0 Å². The lowest BCUT2D eigenvalue weighted by molar-refractivity contribution is 0.0996. The van der Waals surface area contributed by atoms with Gasteiger partial charge in [-0.3, -0.25) is 4.79 Å². The maximum absolute atomic E-state index is 11.4. The summed E-state index contributed by atoms with van der Waals surface area (Å²) in [5.74, 6) is 0.589. The van der Waals surface area contributed by atoms with Crippen molar-refractivity contribution in [2.75, 3.05) is 12.8 Å². The standard InChI is InChI=1S/C15H16N2O3/c1-19-12-4-2-3-10(7-12)9-20-14-6-5-11(16)8-13(14)15(17)18/h2-8H,9,16H2,1H3,(H2,17,18). The van der Waals surface area contributed by atoms with Crippen LogP contribution in [0.1, 0.15) is 15.9 Å². The second-order valence-electron chi connectivity index (χ2n) is 4.26. The van der Waals surface area contributed by atoms with E-state index in [0.29, 0.717) is 18.0 Å². The highest BCUT2D eigenvalue weighted by molar-refractivity contribution is 5.96. The molecule has 2 aromatic carbocycles. The minimum atomic E-state index is -0.571. The molecule has 0 aliphatic heterocycles. The van der Waals surface area contributed by atoms with Gasteiger partial charge in [0.15, 0.2) is 0 Å². The molecule has 0 heterocycles. The molecule has 0 fully saturated rings. The van der Waals surface area contributed by atoms with Gasteiger partial charge in [0.05, 0.1) is 12.7 Å². The zero-order chi connectivity index (χ0) is 14.5. The lowest BCUT2D eigenvalue weighted by Gasteiger charge is -2.11. The van der Waals surface area contributed by atoms with Crippen LogP contribution in [-0.2, 0) is 6.61 Å². The summed E-state index contributed by atoms with van der Waals surface area (Å²) in [5.41, 5.74) is 12.6. The fraction of sp³-hybridized carbons (Fsp3) is 0.133. The predicted octanol–water partition coefficient (Wildman–Crippen LogP) is 1.96. The lowest BCUT2D eigenvalue weighted by Crippen LogP contribution is -2.13. The van der Waals surface area contributed by atoms with Crippen molar-refractivity contribution in [3.63, 3.8) is 0 Å². The molecule has 5 nitrogen and oxygen atoms in total. The topological polar surface area (TPSA) is 87.6 Å². The van der Waals surface area contributed by atoms with Gasteiger partial charge in [-0.2, -0.15) is 0 Å². The summed E-state index contributed by atoms with van der Waals surface area (Å²) in [4.78, 5) is 11.4. The number of carbonyl (C=O) groups excluding carboxylic acids is 1. The molecule has 0 spiro atoms. The number of anilines is 1. The van der Waals surface area contributed by atoms with Crippen molar-refractivity contribution in [1.82, 2.24) is 0 Å². The number of methoxy groups -OCH3 is 1. The first kappa shape index (κ1) is 13.7. The van der Waals surface area contributed by atoms with Crippen molar-refractivity contribution in [2.45, 2.75) is 6.61 Å². The third kappa shape index (κ3) is 3.20. The summed E-state index contributed by atoms with van der Waals surface area (Å²) < 4.78 is 10.8. The number of nitrogen functional groups attached to an aromatic ring is 1. The Morgan fingerprint density at radius 3 is 2.70 bits per heavy atom. The molecule has 2 aromatic rings. The number of primary amides is 1. The molecule has 0 atom stereocenters. The predicted molar refractivity (Wildman–Crippen MR) is 76.7 cm³/mol. The summed E-state index contributed by atoms with van der Waals surface area (Å²) in [6, 6.07) is 12.3. The lowest BCUT2D eigenvalue weighted by atomic mass is 10.1. The number of amides is 1. The number of carbonyl (C=O) groups is 1. The molecule has 104 valence electrons. The van der Waals surface area contributed by atoms with Crippen molar-refractivity contribution in [1.29, 1.82) is 0 Å². The summed E-state index contributed by atoms with van der Waals surface area (Å²) >= 11 is 0. The van der Waals surface area contributed by atoms with E-state index in [1.54, 1.807) is 19.2 Å². The van der Waals surface area contributed by atoms with Gasteiger partial charge in [-0.25, -0.2) is 0 Å². The number of hydrogen-bond acceptors (Lipinski definition) is 4. The first-order valence-electron chi connectivity index (χ1n) is 6.05. The normalized spacial score (nSPS) is 10.1. The largest absolute Gasteiger partial charge is 0.497 e. The van der Waals surface area contributed by atoms with Crippen LogP contribution < -0.4 is 20.9 Å². The molecule has 0 unspecified atom stereocenters. The first-order chi connectivity index (χ1) is 9.60. The van der Waals surface area contributed by atoms with Crippen molar-refractivity contribution in [2.24, 2.45) is 5.73 Å². The number of rotatable bonds is 5. The van der Waals surface area contributed by atoms with Crippen molar-refractivity contribution >= 4 is 11.6 Å². The van der Waals surface area contributed by atoms with Gasteiger partial charge in [-0.1, -0.05) is 12.1 Å². The molecule has 4 N–H and O–H groups in total. The zero-order valence-corrected chi connectivity index (χ0v) is 11.1.